The standard InChI is InChI=1S/C13H16ClN3O/c1-15-8-10-3-4-12(11(14)7-10)18-9-13-16-5-6-17(13)2/h3-7,15H,8-9H2,1-2H3. The number of benzene rings is 1. The van der Waals surface area contributed by atoms with Crippen molar-refractivity contribution < 1.29 is 4.74 Å². The Morgan fingerprint density at radius 2 is 2.28 bits per heavy atom. The Kier molecular flexibility index (Phi) is 4.23. The van der Waals surface area contributed by atoms with Gasteiger partial charge in [0.05, 0.1) is 5.02 Å². The molecule has 1 aromatic heterocycles. The third-order valence-electron chi connectivity index (χ3n) is 2.65. The molecule has 0 aliphatic carbocycles. The predicted molar refractivity (Wildman–Crippen MR) is 71.8 cm³/mol. The first kappa shape index (κ1) is 12.9. The maximum absolute atomic E-state index is 6.17. The molecule has 96 valence electrons. The van der Waals surface area contributed by atoms with Crippen molar-refractivity contribution in [2.75, 3.05) is 7.05 Å². The third-order valence-corrected chi connectivity index (χ3v) is 2.95. The van der Waals surface area contributed by atoms with E-state index >= 15 is 0 Å². The molecule has 0 saturated carbocycles. The van der Waals surface area contributed by atoms with E-state index in [1.54, 1.807) is 6.20 Å². The molecule has 0 atom stereocenters. The highest BCUT2D eigenvalue weighted by molar-refractivity contribution is 6.32. The van der Waals surface area contributed by atoms with Crippen molar-refractivity contribution in [2.24, 2.45) is 7.05 Å². The van der Waals surface area contributed by atoms with Gasteiger partial charge in [0.1, 0.15) is 18.2 Å². The van der Waals surface area contributed by atoms with Gasteiger partial charge in [-0.25, -0.2) is 4.98 Å². The normalized spacial score (nSPS) is 10.6. The number of aromatic nitrogens is 2. The molecule has 1 N–H and O–H groups in total. The van der Waals surface area contributed by atoms with Crippen LogP contribution in [0.2, 0.25) is 5.02 Å². The lowest BCUT2D eigenvalue weighted by Gasteiger charge is -2.09. The highest BCUT2D eigenvalue weighted by atomic mass is 35.5. The lowest BCUT2D eigenvalue weighted by atomic mass is 10.2. The molecule has 5 heteroatoms. The van der Waals surface area contributed by atoms with E-state index in [-0.39, 0.29) is 0 Å². The lowest BCUT2D eigenvalue weighted by molar-refractivity contribution is 0.292. The van der Waals surface area contributed by atoms with Gasteiger partial charge in [-0.05, 0) is 24.7 Å². The van der Waals surface area contributed by atoms with E-state index in [1.165, 1.54) is 0 Å². The molecule has 0 saturated heterocycles. The van der Waals surface area contributed by atoms with E-state index in [0.717, 1.165) is 17.9 Å². The van der Waals surface area contributed by atoms with Gasteiger partial charge in [-0.15, -0.1) is 0 Å². The Morgan fingerprint density at radius 3 is 2.89 bits per heavy atom. The minimum atomic E-state index is 0.411. The molecule has 0 aliphatic rings. The Bertz CT molecular complexity index is 525. The molecular formula is C13H16ClN3O. The number of aryl methyl sites for hydroxylation is 1. The molecule has 0 bridgehead atoms. The van der Waals surface area contributed by atoms with Crippen LogP contribution in [-0.2, 0) is 20.2 Å². The first-order valence-corrected chi connectivity index (χ1v) is 6.10. The largest absolute Gasteiger partial charge is 0.484 e. The molecule has 18 heavy (non-hydrogen) atoms. The number of nitrogens with one attached hydrogen (secondary N) is 1. The first-order valence-electron chi connectivity index (χ1n) is 5.72. The summed E-state index contributed by atoms with van der Waals surface area (Å²) in [4.78, 5) is 4.19. The molecule has 4 nitrogen and oxygen atoms in total. The highest BCUT2D eigenvalue weighted by Crippen LogP contribution is 2.26. The van der Waals surface area contributed by atoms with Crippen LogP contribution in [0.4, 0.5) is 0 Å². The molecule has 2 rings (SSSR count). The van der Waals surface area contributed by atoms with Crippen molar-refractivity contribution in [3.63, 3.8) is 0 Å². The van der Waals surface area contributed by atoms with Crippen molar-refractivity contribution in [2.45, 2.75) is 13.2 Å². The van der Waals surface area contributed by atoms with Crippen LogP contribution >= 0.6 is 11.6 Å². The van der Waals surface area contributed by atoms with Crippen LogP contribution in [0.15, 0.2) is 30.6 Å². The Morgan fingerprint density at radius 1 is 1.44 bits per heavy atom. The molecule has 0 unspecified atom stereocenters. The second-order valence-electron chi connectivity index (χ2n) is 4.04. The monoisotopic (exact) mass is 265 g/mol. The molecule has 1 aromatic carbocycles. The third kappa shape index (κ3) is 3.03. The summed E-state index contributed by atoms with van der Waals surface area (Å²) in [6.07, 6.45) is 3.63. The number of rotatable bonds is 5. The quantitative estimate of drug-likeness (QED) is 0.902. The zero-order valence-corrected chi connectivity index (χ0v) is 11.2. The van der Waals surface area contributed by atoms with Gasteiger partial charge >= 0.3 is 0 Å². The van der Waals surface area contributed by atoms with Crippen molar-refractivity contribution in [1.82, 2.24) is 14.9 Å². The zero-order chi connectivity index (χ0) is 13.0. The molecule has 0 spiro atoms. The van der Waals surface area contributed by atoms with Gasteiger partial charge in [-0.1, -0.05) is 17.7 Å². The summed E-state index contributed by atoms with van der Waals surface area (Å²) >= 11 is 6.17. The average Bonchev–Trinajstić information content (AvgIpc) is 2.74. The molecule has 0 radical (unpaired) electrons. The van der Waals surface area contributed by atoms with Gasteiger partial charge < -0.3 is 14.6 Å². The van der Waals surface area contributed by atoms with E-state index in [0.29, 0.717) is 17.4 Å². The first-order chi connectivity index (χ1) is 8.70. The van der Waals surface area contributed by atoms with Crippen molar-refractivity contribution >= 4 is 11.6 Å². The molecule has 2 aromatic rings. The fraction of sp³-hybridized carbons (Fsp3) is 0.308. The summed E-state index contributed by atoms with van der Waals surface area (Å²) in [5.41, 5.74) is 1.13. The van der Waals surface area contributed by atoms with Crippen LogP contribution in [0.5, 0.6) is 5.75 Å². The van der Waals surface area contributed by atoms with Crippen molar-refractivity contribution in [3.05, 3.63) is 47.0 Å². The molecule has 0 fully saturated rings. The fourth-order valence-corrected chi connectivity index (χ4v) is 1.91. The van der Waals surface area contributed by atoms with Gasteiger partial charge in [-0.3, -0.25) is 0 Å². The topological polar surface area (TPSA) is 39.1 Å². The molecule has 1 heterocycles. The summed E-state index contributed by atoms with van der Waals surface area (Å²) < 4.78 is 7.58. The van der Waals surface area contributed by atoms with E-state index in [2.05, 4.69) is 10.3 Å². The summed E-state index contributed by atoms with van der Waals surface area (Å²) in [6.45, 7) is 1.20. The van der Waals surface area contributed by atoms with E-state index in [9.17, 15) is 0 Å². The summed E-state index contributed by atoms with van der Waals surface area (Å²) in [5.74, 6) is 1.55. The number of hydrogen-bond donors (Lipinski definition) is 1. The fourth-order valence-electron chi connectivity index (χ4n) is 1.65. The summed E-state index contributed by atoms with van der Waals surface area (Å²) in [6, 6.07) is 5.79. The number of nitrogens with zero attached hydrogens (tertiary/aromatic N) is 2. The Balaban J connectivity index is 2.03. The molecule has 0 amide bonds. The molecular weight excluding hydrogens is 250 g/mol. The zero-order valence-electron chi connectivity index (χ0n) is 10.5. The predicted octanol–water partition coefficient (Wildman–Crippen LogP) is 2.37. The van der Waals surface area contributed by atoms with Crippen LogP contribution < -0.4 is 10.1 Å². The second kappa shape index (κ2) is 5.89. The highest BCUT2D eigenvalue weighted by Gasteiger charge is 2.05. The van der Waals surface area contributed by atoms with Gasteiger partial charge in [0.2, 0.25) is 0 Å². The van der Waals surface area contributed by atoms with Crippen LogP contribution in [-0.4, -0.2) is 16.6 Å². The van der Waals surface area contributed by atoms with Gasteiger partial charge in [-0.2, -0.15) is 0 Å². The number of hydrogen-bond acceptors (Lipinski definition) is 3. The number of imidazole rings is 1. The summed E-state index contributed by atoms with van der Waals surface area (Å²) in [5, 5.41) is 3.70. The number of ether oxygens (including phenoxy) is 1. The minimum absolute atomic E-state index is 0.411. The lowest BCUT2D eigenvalue weighted by Crippen LogP contribution is -2.06. The maximum atomic E-state index is 6.17. The van der Waals surface area contributed by atoms with E-state index < -0.39 is 0 Å². The van der Waals surface area contributed by atoms with Crippen LogP contribution in [0.1, 0.15) is 11.4 Å². The van der Waals surface area contributed by atoms with Gasteiger partial charge in [0.15, 0.2) is 0 Å². The van der Waals surface area contributed by atoms with E-state index in [1.807, 2.05) is 43.1 Å². The van der Waals surface area contributed by atoms with Gasteiger partial charge in [0.25, 0.3) is 0 Å². The van der Waals surface area contributed by atoms with Crippen LogP contribution in [0.3, 0.4) is 0 Å². The van der Waals surface area contributed by atoms with Crippen molar-refractivity contribution in [3.8, 4) is 5.75 Å². The average molecular weight is 266 g/mol. The second-order valence-corrected chi connectivity index (χ2v) is 4.45. The van der Waals surface area contributed by atoms with Crippen molar-refractivity contribution in [1.29, 1.82) is 0 Å². The number of halogens is 1. The van der Waals surface area contributed by atoms with E-state index in [4.69, 9.17) is 16.3 Å². The van der Waals surface area contributed by atoms with Crippen LogP contribution in [0.25, 0.3) is 0 Å². The SMILES string of the molecule is CNCc1ccc(OCc2nccn2C)c(Cl)c1. The minimum Gasteiger partial charge on any atom is -0.484 e. The Labute approximate surface area is 112 Å². The smallest absolute Gasteiger partial charge is 0.146 e. The summed E-state index contributed by atoms with van der Waals surface area (Å²) in [7, 11) is 3.84. The Hall–Kier alpha value is -1.52. The maximum Gasteiger partial charge on any atom is 0.146 e. The van der Waals surface area contributed by atoms with Crippen LogP contribution in [0, 0.1) is 0 Å². The van der Waals surface area contributed by atoms with Gasteiger partial charge in [0, 0.05) is 26.0 Å². The molecule has 0 aliphatic heterocycles.